The van der Waals surface area contributed by atoms with Gasteiger partial charge < -0.3 is 9.47 Å². The van der Waals surface area contributed by atoms with Gasteiger partial charge in [-0.3, -0.25) is 0 Å². The number of hydrogen-bond donors (Lipinski definition) is 0. The molecule has 0 aliphatic heterocycles. The van der Waals surface area contributed by atoms with Crippen LogP contribution in [0.15, 0.2) is 267 Å². The fourth-order valence-electron chi connectivity index (χ4n) is 9.98. The topological polar surface area (TPSA) is 8.17 Å². The average Bonchev–Trinajstić information content (AvgIpc) is 3.74. The van der Waals surface area contributed by atoms with E-state index in [9.17, 15) is 0 Å². The molecule has 0 fully saturated rings. The van der Waals surface area contributed by atoms with Crippen molar-refractivity contribution >= 4 is 49.6 Å². The van der Waals surface area contributed by atoms with Crippen LogP contribution in [0.25, 0.3) is 93.9 Å². The normalized spacial score (nSPS) is 11.3. The van der Waals surface area contributed by atoms with Crippen LogP contribution < -0.4 is 4.90 Å². The maximum atomic E-state index is 2.47. The third-order valence-electron chi connectivity index (χ3n) is 13.0. The van der Waals surface area contributed by atoms with Crippen molar-refractivity contribution in [1.82, 2.24) is 4.57 Å². The molecular weight excluding hydrogens is 797 g/mol. The Morgan fingerprint density at radius 1 is 0.242 bits per heavy atom. The van der Waals surface area contributed by atoms with E-state index >= 15 is 0 Å². The first kappa shape index (κ1) is 38.9. The lowest BCUT2D eigenvalue weighted by Crippen LogP contribution is -2.12. The van der Waals surface area contributed by atoms with Crippen LogP contribution in [0.1, 0.15) is 0 Å². The van der Waals surface area contributed by atoms with Crippen molar-refractivity contribution in [2.24, 2.45) is 0 Å². The lowest BCUT2D eigenvalue weighted by Gasteiger charge is -2.31. The third kappa shape index (κ3) is 6.84. The molecule has 0 spiro atoms. The van der Waals surface area contributed by atoms with E-state index in [4.69, 9.17) is 0 Å². The number of hydrogen-bond acceptors (Lipinski definition) is 1. The highest BCUT2D eigenvalue weighted by atomic mass is 15.1. The summed E-state index contributed by atoms with van der Waals surface area (Å²) < 4.78 is 2.43. The molecule has 0 saturated heterocycles. The van der Waals surface area contributed by atoms with E-state index in [0.29, 0.717) is 0 Å². The van der Waals surface area contributed by atoms with E-state index < -0.39 is 0 Å². The molecule has 11 aromatic carbocycles. The summed E-state index contributed by atoms with van der Waals surface area (Å²) in [4.78, 5) is 2.47. The summed E-state index contributed by atoms with van der Waals surface area (Å²) in [5.74, 6) is 0. The molecule has 1 aromatic heterocycles. The van der Waals surface area contributed by atoms with Crippen molar-refractivity contribution in [2.45, 2.75) is 0 Å². The highest BCUT2D eigenvalue weighted by Gasteiger charge is 2.24. The van der Waals surface area contributed by atoms with Gasteiger partial charge in [0.1, 0.15) is 0 Å². The standard InChI is InChI=1S/C64H44N2/c1-4-20-45(21-5-1)46-36-39-50(40-37-46)65(61-33-17-13-29-56(61)55-42-41-51(47-22-6-2-7-23-47)53-27-10-11-28-54(53)55)64-43-38-49(44-59(64)48-24-8-3-9-25-48)52-26-12-16-32-60(52)66-62-34-18-14-30-57(62)58-31-15-19-35-63(58)66/h1-44H. The zero-order valence-electron chi connectivity index (χ0n) is 36.3. The van der Waals surface area contributed by atoms with Gasteiger partial charge in [-0.05, 0) is 98.2 Å². The zero-order chi connectivity index (χ0) is 43.8. The Hall–Kier alpha value is -8.72. The molecule has 1 heterocycles. The number of nitrogens with zero attached hydrogens (tertiary/aromatic N) is 2. The Labute approximate surface area is 385 Å². The number of fused-ring (bicyclic) bond motifs is 4. The second-order valence-corrected chi connectivity index (χ2v) is 16.8. The summed E-state index contributed by atoms with van der Waals surface area (Å²) in [5.41, 5.74) is 18.5. The Bertz CT molecular complexity index is 3630. The van der Waals surface area contributed by atoms with Gasteiger partial charge in [-0.15, -0.1) is 0 Å². The predicted molar refractivity (Wildman–Crippen MR) is 280 cm³/mol. The van der Waals surface area contributed by atoms with E-state index in [-0.39, 0.29) is 0 Å². The Balaban J connectivity index is 1.09. The summed E-state index contributed by atoms with van der Waals surface area (Å²) in [6.07, 6.45) is 0. The van der Waals surface area contributed by atoms with Crippen molar-refractivity contribution in [1.29, 1.82) is 0 Å². The predicted octanol–water partition coefficient (Wildman–Crippen LogP) is 17.7. The van der Waals surface area contributed by atoms with Crippen LogP contribution in [-0.2, 0) is 0 Å². The van der Waals surface area contributed by atoms with Crippen LogP contribution in [0.2, 0.25) is 0 Å². The van der Waals surface area contributed by atoms with Crippen molar-refractivity contribution in [3.05, 3.63) is 267 Å². The minimum atomic E-state index is 1.07. The molecule has 66 heavy (non-hydrogen) atoms. The number of para-hydroxylation sites is 4. The first-order valence-corrected chi connectivity index (χ1v) is 22.7. The van der Waals surface area contributed by atoms with Crippen LogP contribution in [0, 0.1) is 0 Å². The van der Waals surface area contributed by atoms with Gasteiger partial charge in [0.15, 0.2) is 0 Å². The van der Waals surface area contributed by atoms with Crippen molar-refractivity contribution in [3.8, 4) is 61.3 Å². The van der Waals surface area contributed by atoms with Gasteiger partial charge in [-0.1, -0.05) is 218 Å². The molecule has 12 aromatic rings. The lowest BCUT2D eigenvalue weighted by atomic mass is 9.90. The first-order valence-electron chi connectivity index (χ1n) is 22.7. The van der Waals surface area contributed by atoms with Crippen LogP contribution in [0.5, 0.6) is 0 Å². The van der Waals surface area contributed by atoms with Crippen LogP contribution >= 0.6 is 0 Å². The summed E-state index contributed by atoms with van der Waals surface area (Å²) in [6.45, 7) is 0. The molecule has 310 valence electrons. The van der Waals surface area contributed by atoms with Crippen LogP contribution in [-0.4, -0.2) is 4.57 Å². The lowest BCUT2D eigenvalue weighted by molar-refractivity contribution is 1.18. The Morgan fingerprint density at radius 3 is 1.33 bits per heavy atom. The molecule has 0 radical (unpaired) electrons. The molecule has 0 N–H and O–H groups in total. The van der Waals surface area contributed by atoms with E-state index in [1.165, 1.54) is 60.4 Å². The number of aromatic nitrogens is 1. The molecule has 0 atom stereocenters. The van der Waals surface area contributed by atoms with Crippen LogP contribution in [0.3, 0.4) is 0 Å². The third-order valence-corrected chi connectivity index (χ3v) is 13.0. The minimum absolute atomic E-state index is 1.07. The molecule has 0 unspecified atom stereocenters. The minimum Gasteiger partial charge on any atom is -0.309 e. The summed E-state index contributed by atoms with van der Waals surface area (Å²) in [5, 5.41) is 4.94. The summed E-state index contributed by atoms with van der Waals surface area (Å²) >= 11 is 0. The van der Waals surface area contributed by atoms with Crippen molar-refractivity contribution in [3.63, 3.8) is 0 Å². The highest BCUT2D eigenvalue weighted by Crippen LogP contribution is 2.48. The number of rotatable bonds is 9. The fourth-order valence-corrected chi connectivity index (χ4v) is 9.98. The monoisotopic (exact) mass is 840 g/mol. The van der Waals surface area contributed by atoms with Gasteiger partial charge in [0.25, 0.3) is 0 Å². The van der Waals surface area contributed by atoms with E-state index in [0.717, 1.165) is 50.6 Å². The smallest absolute Gasteiger partial charge is 0.0541 e. The SMILES string of the molecule is c1ccc(-c2ccc(N(c3ccc(-c4ccccc4-n4c5ccccc5c5ccccc54)cc3-c3ccccc3)c3ccccc3-c3ccc(-c4ccccc4)c4ccccc34)cc2)cc1. The maximum absolute atomic E-state index is 2.47. The largest absolute Gasteiger partial charge is 0.309 e. The van der Waals surface area contributed by atoms with Gasteiger partial charge in [0, 0.05) is 33.2 Å². The maximum Gasteiger partial charge on any atom is 0.0541 e. The van der Waals surface area contributed by atoms with Gasteiger partial charge >= 0.3 is 0 Å². The molecule has 2 heteroatoms. The Kier molecular flexibility index (Phi) is 9.89. The fraction of sp³-hybridized carbons (Fsp3) is 0. The zero-order valence-corrected chi connectivity index (χ0v) is 36.3. The van der Waals surface area contributed by atoms with Gasteiger partial charge in [0.2, 0.25) is 0 Å². The summed E-state index contributed by atoms with van der Waals surface area (Å²) in [6, 6.07) is 97.0. The van der Waals surface area contributed by atoms with Crippen LogP contribution in [0.4, 0.5) is 17.1 Å². The highest BCUT2D eigenvalue weighted by molar-refractivity contribution is 6.10. The second kappa shape index (κ2) is 16.8. The number of anilines is 3. The first-order chi connectivity index (χ1) is 32.8. The van der Waals surface area contributed by atoms with Crippen molar-refractivity contribution in [2.75, 3.05) is 4.90 Å². The molecule has 0 saturated carbocycles. The van der Waals surface area contributed by atoms with Gasteiger partial charge in [-0.2, -0.15) is 0 Å². The number of benzene rings is 11. The summed E-state index contributed by atoms with van der Waals surface area (Å²) in [7, 11) is 0. The molecule has 0 aliphatic carbocycles. The molecule has 12 rings (SSSR count). The van der Waals surface area contributed by atoms with E-state index in [2.05, 4.69) is 276 Å². The average molecular weight is 841 g/mol. The van der Waals surface area contributed by atoms with E-state index in [1.807, 2.05) is 0 Å². The molecule has 0 bridgehead atoms. The molecule has 0 aliphatic rings. The Morgan fingerprint density at radius 2 is 0.682 bits per heavy atom. The quantitative estimate of drug-likeness (QED) is 0.141. The van der Waals surface area contributed by atoms with Gasteiger partial charge in [-0.25, -0.2) is 0 Å². The van der Waals surface area contributed by atoms with Gasteiger partial charge in [0.05, 0.1) is 28.1 Å². The molecule has 2 nitrogen and oxygen atoms in total. The molecular formula is C64H44N2. The van der Waals surface area contributed by atoms with Crippen molar-refractivity contribution < 1.29 is 0 Å². The second-order valence-electron chi connectivity index (χ2n) is 16.8. The van der Waals surface area contributed by atoms with E-state index in [1.54, 1.807) is 0 Å². The molecule has 0 amide bonds.